The van der Waals surface area contributed by atoms with Crippen molar-refractivity contribution in [3.63, 3.8) is 0 Å². The molecule has 8 nitrogen and oxygen atoms in total. The Morgan fingerprint density at radius 1 is 1.18 bits per heavy atom. The average molecular weight is 463 g/mol. The van der Waals surface area contributed by atoms with E-state index in [0.717, 1.165) is 48.5 Å². The third-order valence-electron chi connectivity index (χ3n) is 6.71. The molecule has 1 aliphatic rings. The van der Waals surface area contributed by atoms with E-state index in [9.17, 15) is 9.59 Å². The molecule has 2 aromatic heterocycles. The van der Waals surface area contributed by atoms with E-state index in [4.69, 9.17) is 0 Å². The van der Waals surface area contributed by atoms with Crippen LogP contribution in [0.4, 0.5) is 11.5 Å². The first-order valence-electron chi connectivity index (χ1n) is 11.9. The summed E-state index contributed by atoms with van der Waals surface area (Å²) in [6.45, 7) is 10.9. The number of benzene rings is 1. The Hall–Kier alpha value is -3.42. The quantitative estimate of drug-likeness (QED) is 0.574. The van der Waals surface area contributed by atoms with Gasteiger partial charge in [0.1, 0.15) is 17.8 Å². The summed E-state index contributed by atoms with van der Waals surface area (Å²) in [5, 5.41) is 3.74. The third-order valence-corrected chi connectivity index (χ3v) is 6.71. The summed E-state index contributed by atoms with van der Waals surface area (Å²) in [5.74, 6) is 1.34. The Bertz CT molecular complexity index is 1160. The van der Waals surface area contributed by atoms with Crippen LogP contribution >= 0.6 is 0 Å². The molecular formula is C26H34N6O2. The zero-order chi connectivity index (χ0) is 24.3. The van der Waals surface area contributed by atoms with Crippen molar-refractivity contribution in [2.45, 2.75) is 40.5 Å². The maximum absolute atomic E-state index is 13.4. The number of carbonyl (C=O) groups is 2. The number of anilines is 2. The van der Waals surface area contributed by atoms with Gasteiger partial charge < -0.3 is 20.1 Å². The fourth-order valence-electron chi connectivity index (χ4n) is 4.71. The van der Waals surface area contributed by atoms with E-state index in [2.05, 4.69) is 41.0 Å². The van der Waals surface area contributed by atoms with Crippen molar-refractivity contribution in [3.05, 3.63) is 48.4 Å². The molecule has 0 bridgehead atoms. The molecule has 34 heavy (non-hydrogen) atoms. The van der Waals surface area contributed by atoms with Gasteiger partial charge in [-0.3, -0.25) is 9.59 Å². The lowest BCUT2D eigenvalue weighted by Crippen LogP contribution is -2.41. The minimum Gasteiger partial charge on any atom is -0.355 e. The van der Waals surface area contributed by atoms with Crippen molar-refractivity contribution < 1.29 is 9.59 Å². The lowest BCUT2D eigenvalue weighted by atomic mass is 9.75. The molecule has 0 atom stereocenters. The molecule has 0 saturated carbocycles. The molecular weight excluding hydrogens is 428 g/mol. The number of hydrogen-bond donors (Lipinski definition) is 2. The Morgan fingerprint density at radius 2 is 1.94 bits per heavy atom. The maximum atomic E-state index is 13.4. The van der Waals surface area contributed by atoms with Crippen LogP contribution in [0.5, 0.6) is 0 Å². The fourth-order valence-corrected chi connectivity index (χ4v) is 4.71. The molecule has 1 aliphatic heterocycles. The van der Waals surface area contributed by atoms with E-state index in [0.29, 0.717) is 24.6 Å². The summed E-state index contributed by atoms with van der Waals surface area (Å²) < 4.78 is 0. The standard InChI is InChI=1S/C26H34N6O2/c1-18(33)27-12-15-32(24-22-8-11-28-23(22)29-17-30-24)21-7-5-6-19(16-21)25(34)31-13-9-20(10-14-31)26(2,3)4/h5-8,11,16-17,20H,9-10,12-15H2,1-4H3,(H,27,33)(H,28,29,30). The predicted octanol–water partition coefficient (Wildman–Crippen LogP) is 4.13. The molecule has 1 aromatic carbocycles. The van der Waals surface area contributed by atoms with E-state index < -0.39 is 0 Å². The van der Waals surface area contributed by atoms with E-state index >= 15 is 0 Å². The number of fused-ring (bicyclic) bond motifs is 1. The molecule has 0 radical (unpaired) electrons. The number of piperidine rings is 1. The van der Waals surface area contributed by atoms with Crippen LogP contribution in [0.2, 0.25) is 0 Å². The smallest absolute Gasteiger partial charge is 0.253 e. The number of amides is 2. The number of nitrogens with zero attached hydrogens (tertiary/aromatic N) is 4. The summed E-state index contributed by atoms with van der Waals surface area (Å²) in [6.07, 6.45) is 5.41. The van der Waals surface area contributed by atoms with Crippen molar-refractivity contribution in [3.8, 4) is 0 Å². The molecule has 3 heterocycles. The number of aromatic amines is 1. The van der Waals surface area contributed by atoms with Gasteiger partial charge in [0.2, 0.25) is 5.91 Å². The predicted molar refractivity (Wildman–Crippen MR) is 134 cm³/mol. The highest BCUT2D eigenvalue weighted by molar-refractivity contribution is 5.96. The van der Waals surface area contributed by atoms with Crippen LogP contribution < -0.4 is 10.2 Å². The molecule has 180 valence electrons. The zero-order valence-corrected chi connectivity index (χ0v) is 20.5. The number of carbonyl (C=O) groups excluding carboxylic acids is 2. The van der Waals surface area contributed by atoms with Gasteiger partial charge in [-0.2, -0.15) is 0 Å². The minimum absolute atomic E-state index is 0.0606. The van der Waals surface area contributed by atoms with Gasteiger partial charge in [-0.15, -0.1) is 0 Å². The first-order valence-corrected chi connectivity index (χ1v) is 11.9. The topological polar surface area (TPSA) is 94.2 Å². The third kappa shape index (κ3) is 5.21. The summed E-state index contributed by atoms with van der Waals surface area (Å²) in [7, 11) is 0. The van der Waals surface area contributed by atoms with Crippen LogP contribution in [0.3, 0.4) is 0 Å². The molecule has 2 amide bonds. The first-order chi connectivity index (χ1) is 16.2. The van der Waals surface area contributed by atoms with Crippen molar-refractivity contribution >= 4 is 34.4 Å². The van der Waals surface area contributed by atoms with Crippen LogP contribution in [0.25, 0.3) is 11.0 Å². The van der Waals surface area contributed by atoms with Gasteiger partial charge in [0.05, 0.1) is 5.39 Å². The van der Waals surface area contributed by atoms with E-state index in [1.807, 2.05) is 46.3 Å². The number of nitrogens with one attached hydrogen (secondary N) is 2. The van der Waals surface area contributed by atoms with E-state index in [1.165, 1.54) is 13.3 Å². The van der Waals surface area contributed by atoms with Crippen LogP contribution in [-0.4, -0.2) is 57.8 Å². The van der Waals surface area contributed by atoms with Crippen molar-refractivity contribution in [1.82, 2.24) is 25.2 Å². The molecule has 3 aromatic rings. The second kappa shape index (κ2) is 9.83. The van der Waals surface area contributed by atoms with Crippen molar-refractivity contribution in [2.24, 2.45) is 11.3 Å². The van der Waals surface area contributed by atoms with Crippen LogP contribution in [0.15, 0.2) is 42.9 Å². The normalized spacial score (nSPS) is 14.9. The second-order valence-corrected chi connectivity index (χ2v) is 10.1. The van der Waals surface area contributed by atoms with Gasteiger partial charge >= 0.3 is 0 Å². The highest BCUT2D eigenvalue weighted by Gasteiger charge is 2.31. The summed E-state index contributed by atoms with van der Waals surface area (Å²) in [6, 6.07) is 9.61. The molecule has 0 aliphatic carbocycles. The van der Waals surface area contributed by atoms with Crippen molar-refractivity contribution in [1.29, 1.82) is 0 Å². The highest BCUT2D eigenvalue weighted by Crippen LogP contribution is 2.35. The molecule has 0 unspecified atom stereocenters. The van der Waals surface area contributed by atoms with Gasteiger partial charge in [-0.25, -0.2) is 9.97 Å². The Labute approximate surface area is 200 Å². The van der Waals surface area contributed by atoms with Gasteiger partial charge in [0, 0.05) is 50.6 Å². The summed E-state index contributed by atoms with van der Waals surface area (Å²) >= 11 is 0. The molecule has 1 fully saturated rings. The first kappa shape index (κ1) is 23.7. The molecule has 0 spiro atoms. The number of hydrogen-bond acceptors (Lipinski definition) is 5. The zero-order valence-electron chi connectivity index (χ0n) is 20.5. The molecule has 4 rings (SSSR count). The Kier molecular flexibility index (Phi) is 6.86. The van der Waals surface area contributed by atoms with Gasteiger partial charge in [-0.1, -0.05) is 26.8 Å². The number of rotatable bonds is 6. The number of likely N-dealkylation sites (tertiary alicyclic amines) is 1. The molecule has 8 heteroatoms. The van der Waals surface area contributed by atoms with E-state index in [-0.39, 0.29) is 17.2 Å². The average Bonchev–Trinajstić information content (AvgIpc) is 3.30. The second-order valence-electron chi connectivity index (χ2n) is 10.1. The Morgan fingerprint density at radius 3 is 2.65 bits per heavy atom. The number of aromatic nitrogens is 3. The number of H-pyrrole nitrogens is 1. The van der Waals surface area contributed by atoms with E-state index in [1.54, 1.807) is 0 Å². The summed E-state index contributed by atoms with van der Waals surface area (Å²) in [5.41, 5.74) is 2.52. The van der Waals surface area contributed by atoms with Gasteiger partial charge in [0.25, 0.3) is 5.91 Å². The van der Waals surface area contributed by atoms with Crippen molar-refractivity contribution in [2.75, 3.05) is 31.1 Å². The minimum atomic E-state index is -0.0861. The lowest BCUT2D eigenvalue weighted by Gasteiger charge is -2.38. The lowest BCUT2D eigenvalue weighted by molar-refractivity contribution is -0.118. The van der Waals surface area contributed by atoms with Crippen LogP contribution in [-0.2, 0) is 4.79 Å². The largest absolute Gasteiger partial charge is 0.355 e. The van der Waals surface area contributed by atoms with Gasteiger partial charge in [0.15, 0.2) is 0 Å². The summed E-state index contributed by atoms with van der Waals surface area (Å²) in [4.78, 5) is 40.8. The highest BCUT2D eigenvalue weighted by atomic mass is 16.2. The monoisotopic (exact) mass is 462 g/mol. The fraction of sp³-hybridized carbons (Fsp3) is 0.462. The SMILES string of the molecule is CC(=O)NCCN(c1cccc(C(=O)N2CCC(C(C)(C)C)CC2)c1)c1ncnc2[nH]ccc12. The van der Waals surface area contributed by atoms with Gasteiger partial charge in [-0.05, 0) is 48.4 Å². The maximum Gasteiger partial charge on any atom is 0.253 e. The Balaban J connectivity index is 1.59. The van der Waals surface area contributed by atoms with Crippen LogP contribution in [0, 0.1) is 11.3 Å². The molecule has 1 saturated heterocycles. The molecule has 2 N–H and O–H groups in total. The van der Waals surface area contributed by atoms with Crippen LogP contribution in [0.1, 0.15) is 50.9 Å².